The van der Waals surface area contributed by atoms with Crippen LogP contribution in [0.5, 0.6) is 0 Å². The van der Waals surface area contributed by atoms with Crippen molar-refractivity contribution in [3.63, 3.8) is 0 Å². The molecule has 0 aliphatic rings. The van der Waals surface area contributed by atoms with E-state index >= 15 is 0 Å². The van der Waals surface area contributed by atoms with E-state index in [-0.39, 0.29) is 22.0 Å². The molecule has 2 amide bonds. The number of amides is 2. The number of carbonyl (C=O) groups is 2. The summed E-state index contributed by atoms with van der Waals surface area (Å²) in [4.78, 5) is 64.0. The molecule has 0 radical (unpaired) electrons. The van der Waals surface area contributed by atoms with Gasteiger partial charge in [-0.2, -0.15) is 0 Å². The average molecular weight is 625 g/mol. The van der Waals surface area contributed by atoms with Crippen LogP contribution in [0.1, 0.15) is 89.9 Å². The number of para-hydroxylation sites is 2. The largest absolute Gasteiger partial charge is 0.358 e. The molecule has 0 aliphatic carbocycles. The number of benzene rings is 2. The van der Waals surface area contributed by atoms with Crippen molar-refractivity contribution in [1.82, 2.24) is 0 Å². The summed E-state index contributed by atoms with van der Waals surface area (Å²) in [5.41, 5.74) is 0.542. The first-order valence-electron chi connectivity index (χ1n) is 14.8. The van der Waals surface area contributed by atoms with Gasteiger partial charge in [0.05, 0.1) is 22.0 Å². The second-order valence-electron chi connectivity index (χ2n) is 10.6. The number of hydrogen-bond acceptors (Lipinski definition) is 4. The number of rotatable bonds is 23. The van der Waals surface area contributed by atoms with Gasteiger partial charge in [-0.05, 0) is 37.1 Å². The number of unbranched alkanes of at least 4 members (excludes halogenated alkanes) is 13. The zero-order valence-electron chi connectivity index (χ0n) is 24.3. The lowest BCUT2D eigenvalue weighted by molar-refractivity contribution is -0.108. The molecule has 10 nitrogen and oxygen atoms in total. The second kappa shape index (κ2) is 19.1. The Balaban J connectivity index is 1.47. The molecule has 0 aliphatic heterocycles. The molecule has 2 aromatic carbocycles. The molecule has 42 heavy (non-hydrogen) atoms. The molecular formula is C30H46N2O8P2. The van der Waals surface area contributed by atoms with E-state index in [0.29, 0.717) is 25.9 Å². The van der Waals surface area contributed by atoms with Crippen LogP contribution < -0.4 is 20.4 Å². The Kier molecular flexibility index (Phi) is 16.3. The Morgan fingerprint density at radius 3 is 1.00 bits per heavy atom. The SMILES string of the molecule is O=CN(CCCCCCCCCCCCCCCCN(C=O)c1ccccc1P(=O)(O)O)c1ccccc1P(=O)(O)O. The minimum absolute atomic E-state index is 0.122. The molecule has 0 unspecified atom stereocenters. The topological polar surface area (TPSA) is 156 Å². The number of carbonyl (C=O) groups excluding carboxylic acids is 2. The van der Waals surface area contributed by atoms with Gasteiger partial charge in [0.1, 0.15) is 0 Å². The summed E-state index contributed by atoms with van der Waals surface area (Å²) in [5.74, 6) is 0. The fourth-order valence-electron chi connectivity index (χ4n) is 5.05. The summed E-state index contributed by atoms with van der Waals surface area (Å²) in [5, 5.41) is -0.244. The Morgan fingerprint density at radius 1 is 0.476 bits per heavy atom. The molecule has 0 atom stereocenters. The number of anilines is 2. The summed E-state index contributed by atoms with van der Waals surface area (Å²) in [7, 11) is -8.90. The van der Waals surface area contributed by atoms with Gasteiger partial charge >= 0.3 is 15.2 Å². The molecule has 0 heterocycles. The lowest BCUT2D eigenvalue weighted by atomic mass is 10.0. The van der Waals surface area contributed by atoms with Gasteiger partial charge in [-0.25, -0.2) is 0 Å². The minimum Gasteiger partial charge on any atom is -0.321 e. The monoisotopic (exact) mass is 624 g/mol. The normalized spacial score (nSPS) is 11.8. The van der Waals surface area contributed by atoms with Crippen molar-refractivity contribution in [1.29, 1.82) is 0 Å². The van der Waals surface area contributed by atoms with E-state index in [0.717, 1.165) is 51.4 Å². The van der Waals surface area contributed by atoms with Gasteiger partial charge in [0.15, 0.2) is 0 Å². The smallest absolute Gasteiger partial charge is 0.321 e. The summed E-state index contributed by atoms with van der Waals surface area (Å²) >= 11 is 0. The van der Waals surface area contributed by atoms with Gasteiger partial charge in [-0.3, -0.25) is 18.7 Å². The fourth-order valence-corrected chi connectivity index (χ4v) is 6.62. The molecule has 0 aromatic heterocycles. The molecule has 0 saturated carbocycles. The molecule has 4 N–H and O–H groups in total. The van der Waals surface area contributed by atoms with Crippen molar-refractivity contribution in [3.05, 3.63) is 48.5 Å². The first-order chi connectivity index (χ1) is 20.1. The van der Waals surface area contributed by atoms with E-state index in [9.17, 15) is 38.3 Å². The highest BCUT2D eigenvalue weighted by Crippen LogP contribution is 2.38. The van der Waals surface area contributed by atoms with Crippen molar-refractivity contribution in [2.24, 2.45) is 0 Å². The first-order valence-corrected chi connectivity index (χ1v) is 18.1. The maximum Gasteiger partial charge on any atom is 0.358 e. The Labute approximate surface area is 249 Å². The molecule has 0 bridgehead atoms. The van der Waals surface area contributed by atoms with Crippen LogP contribution in [0.25, 0.3) is 0 Å². The fraction of sp³-hybridized carbons (Fsp3) is 0.533. The van der Waals surface area contributed by atoms with Crippen molar-refractivity contribution in [2.45, 2.75) is 89.9 Å². The Morgan fingerprint density at radius 2 is 0.738 bits per heavy atom. The quantitative estimate of drug-likeness (QED) is 0.0730. The molecular weight excluding hydrogens is 578 g/mol. The molecule has 0 spiro atoms. The third kappa shape index (κ3) is 12.9. The van der Waals surface area contributed by atoms with Gasteiger partial charge < -0.3 is 29.4 Å². The zero-order chi connectivity index (χ0) is 30.8. The highest BCUT2D eigenvalue weighted by atomic mass is 31.2. The lowest BCUT2D eigenvalue weighted by Gasteiger charge is -2.21. The summed E-state index contributed by atoms with van der Waals surface area (Å²) < 4.78 is 23.4. The van der Waals surface area contributed by atoms with Gasteiger partial charge in [-0.1, -0.05) is 101 Å². The molecule has 2 rings (SSSR count). The molecule has 0 saturated heterocycles. The standard InChI is InChI=1S/C30H46N2O8P2/c33-25-31(27-19-13-15-21-29(27)41(35,36)37)23-17-11-9-7-5-3-1-2-4-6-8-10-12-18-24-32(26-34)28-20-14-16-22-30(28)42(38,39)40/h13-16,19-22,25-26H,1-12,17-18,23-24H2,(H2,35,36,37)(H2,38,39,40). The van der Waals surface area contributed by atoms with Crippen LogP contribution in [0, 0.1) is 0 Å². The third-order valence-electron chi connectivity index (χ3n) is 7.31. The zero-order valence-corrected chi connectivity index (χ0v) is 26.1. The van der Waals surface area contributed by atoms with Crippen molar-refractivity contribution < 1.29 is 38.3 Å². The van der Waals surface area contributed by atoms with Crippen LogP contribution >= 0.6 is 15.2 Å². The molecule has 2 aromatic rings. The van der Waals surface area contributed by atoms with Crippen LogP contribution in [0.2, 0.25) is 0 Å². The summed E-state index contributed by atoms with van der Waals surface area (Å²) in [6, 6.07) is 12.3. The average Bonchev–Trinajstić information content (AvgIpc) is 2.96. The highest BCUT2D eigenvalue weighted by molar-refractivity contribution is 7.61. The Bertz CT molecular complexity index is 1090. The maximum absolute atomic E-state index is 11.7. The minimum atomic E-state index is -4.45. The van der Waals surface area contributed by atoms with E-state index in [2.05, 4.69) is 0 Å². The van der Waals surface area contributed by atoms with Crippen LogP contribution in [0.15, 0.2) is 48.5 Å². The molecule has 234 valence electrons. The van der Waals surface area contributed by atoms with Crippen LogP contribution in [-0.4, -0.2) is 45.5 Å². The van der Waals surface area contributed by atoms with Gasteiger partial charge in [0, 0.05) is 13.1 Å². The van der Waals surface area contributed by atoms with E-state index in [1.165, 1.54) is 60.5 Å². The lowest BCUT2D eigenvalue weighted by Crippen LogP contribution is -2.27. The predicted molar refractivity (Wildman–Crippen MR) is 168 cm³/mol. The van der Waals surface area contributed by atoms with E-state index < -0.39 is 15.2 Å². The van der Waals surface area contributed by atoms with E-state index in [4.69, 9.17) is 0 Å². The van der Waals surface area contributed by atoms with Crippen molar-refractivity contribution in [2.75, 3.05) is 22.9 Å². The molecule has 0 fully saturated rings. The van der Waals surface area contributed by atoms with Crippen molar-refractivity contribution in [3.8, 4) is 0 Å². The Hall–Kier alpha value is -2.32. The van der Waals surface area contributed by atoms with E-state index in [1.807, 2.05) is 0 Å². The van der Waals surface area contributed by atoms with Crippen LogP contribution in [0.4, 0.5) is 11.4 Å². The summed E-state index contributed by atoms with van der Waals surface area (Å²) in [6.45, 7) is 0.862. The van der Waals surface area contributed by atoms with Gasteiger partial charge in [0.25, 0.3) is 0 Å². The van der Waals surface area contributed by atoms with Crippen LogP contribution in [0.3, 0.4) is 0 Å². The third-order valence-corrected chi connectivity index (χ3v) is 9.32. The maximum atomic E-state index is 11.7. The number of nitrogens with zero attached hydrogens (tertiary/aromatic N) is 2. The van der Waals surface area contributed by atoms with Gasteiger partial charge in [0.2, 0.25) is 12.8 Å². The molecule has 12 heteroatoms. The predicted octanol–water partition coefficient (Wildman–Crippen LogP) is 5.38. The van der Waals surface area contributed by atoms with E-state index in [1.54, 1.807) is 36.4 Å². The second-order valence-corrected chi connectivity index (χ2v) is 13.8. The highest BCUT2D eigenvalue weighted by Gasteiger charge is 2.24. The van der Waals surface area contributed by atoms with Crippen LogP contribution in [-0.2, 0) is 18.7 Å². The number of hydrogen-bond donors (Lipinski definition) is 4. The van der Waals surface area contributed by atoms with Gasteiger partial charge in [-0.15, -0.1) is 0 Å². The summed E-state index contributed by atoms with van der Waals surface area (Å²) in [6.07, 6.45) is 16.3. The van der Waals surface area contributed by atoms with Crippen molar-refractivity contribution >= 4 is 50.0 Å². The first kappa shape index (κ1) is 35.9.